The minimum atomic E-state index is -0.674. The topological polar surface area (TPSA) is 23.5 Å². The lowest BCUT2D eigenvalue weighted by atomic mass is 9.78. The molecule has 1 saturated carbocycles. The third kappa shape index (κ3) is 3.88. The van der Waals surface area contributed by atoms with Crippen molar-refractivity contribution in [2.24, 2.45) is 5.92 Å². The van der Waals surface area contributed by atoms with Gasteiger partial charge in [-0.1, -0.05) is 31.4 Å². The molecular formula is C19H28FNO. The van der Waals surface area contributed by atoms with Crippen molar-refractivity contribution < 1.29 is 9.50 Å². The molecule has 2 nitrogen and oxygen atoms in total. The largest absolute Gasteiger partial charge is 0.389 e. The first-order chi connectivity index (χ1) is 10.7. The molecule has 0 amide bonds. The van der Waals surface area contributed by atoms with Crippen LogP contribution in [0.5, 0.6) is 0 Å². The second-order valence-corrected chi connectivity index (χ2v) is 7.21. The van der Waals surface area contributed by atoms with Crippen molar-refractivity contribution in [3.63, 3.8) is 0 Å². The third-order valence-electron chi connectivity index (χ3n) is 5.50. The third-order valence-corrected chi connectivity index (χ3v) is 5.50. The van der Waals surface area contributed by atoms with Crippen molar-refractivity contribution in [1.29, 1.82) is 0 Å². The van der Waals surface area contributed by atoms with E-state index in [2.05, 4.69) is 4.90 Å². The van der Waals surface area contributed by atoms with Crippen molar-refractivity contribution >= 4 is 0 Å². The molecule has 1 aromatic rings. The summed E-state index contributed by atoms with van der Waals surface area (Å²) < 4.78 is 13.5. The highest BCUT2D eigenvalue weighted by Crippen LogP contribution is 2.36. The van der Waals surface area contributed by atoms with E-state index in [0.29, 0.717) is 12.3 Å². The normalized spacial score (nSPS) is 30.4. The molecular weight excluding hydrogens is 277 g/mol. The van der Waals surface area contributed by atoms with E-state index in [4.69, 9.17) is 0 Å². The Bertz CT molecular complexity index is 486. The summed E-state index contributed by atoms with van der Waals surface area (Å²) in [6.07, 6.45) is 8.62. The Morgan fingerprint density at radius 1 is 1.14 bits per heavy atom. The predicted octanol–water partition coefficient (Wildman–Crippen LogP) is 3.78. The molecule has 1 saturated heterocycles. The highest BCUT2D eigenvalue weighted by Gasteiger charge is 2.38. The lowest BCUT2D eigenvalue weighted by Gasteiger charge is -2.37. The van der Waals surface area contributed by atoms with Crippen LogP contribution in [0.15, 0.2) is 24.3 Å². The van der Waals surface area contributed by atoms with Crippen LogP contribution < -0.4 is 0 Å². The summed E-state index contributed by atoms with van der Waals surface area (Å²) in [6.45, 7) is 3.35. The molecule has 0 aromatic heterocycles. The number of likely N-dealkylation sites (tertiary alicyclic amines) is 1. The summed E-state index contributed by atoms with van der Waals surface area (Å²) in [5.41, 5.74) is 0.253. The Labute approximate surface area is 133 Å². The van der Waals surface area contributed by atoms with E-state index in [1.807, 2.05) is 6.07 Å². The minimum absolute atomic E-state index is 0.203. The van der Waals surface area contributed by atoms with Gasteiger partial charge in [0.25, 0.3) is 0 Å². The number of aliphatic hydroxyl groups is 1. The van der Waals surface area contributed by atoms with Crippen molar-refractivity contribution in [3.8, 4) is 0 Å². The SMILES string of the molecule is OC1(Cc2cccc(F)c2)CCCCCC1CN1CCCC1. The van der Waals surface area contributed by atoms with Gasteiger partial charge in [0, 0.05) is 18.9 Å². The molecule has 3 rings (SSSR count). The average Bonchev–Trinajstić information content (AvgIpc) is 2.92. The van der Waals surface area contributed by atoms with Crippen molar-refractivity contribution in [2.75, 3.05) is 19.6 Å². The van der Waals surface area contributed by atoms with E-state index in [1.165, 1.54) is 44.8 Å². The molecule has 1 heterocycles. The van der Waals surface area contributed by atoms with Crippen LogP contribution >= 0.6 is 0 Å². The first-order valence-electron chi connectivity index (χ1n) is 8.85. The molecule has 0 bridgehead atoms. The van der Waals surface area contributed by atoms with Crippen LogP contribution in [0.25, 0.3) is 0 Å². The zero-order chi connectivity index (χ0) is 15.4. The molecule has 22 heavy (non-hydrogen) atoms. The quantitative estimate of drug-likeness (QED) is 0.856. The lowest BCUT2D eigenvalue weighted by Crippen LogP contribution is -2.45. The number of halogens is 1. The van der Waals surface area contributed by atoms with Gasteiger partial charge in [-0.15, -0.1) is 0 Å². The zero-order valence-electron chi connectivity index (χ0n) is 13.4. The minimum Gasteiger partial charge on any atom is -0.389 e. The number of hydrogen-bond donors (Lipinski definition) is 1. The molecule has 2 atom stereocenters. The van der Waals surface area contributed by atoms with E-state index in [-0.39, 0.29) is 5.82 Å². The molecule has 0 spiro atoms. The predicted molar refractivity (Wildman–Crippen MR) is 87.3 cm³/mol. The Balaban J connectivity index is 1.75. The Hall–Kier alpha value is -0.930. The summed E-state index contributed by atoms with van der Waals surface area (Å²) in [5.74, 6) is 0.113. The average molecular weight is 305 g/mol. The fourth-order valence-electron chi connectivity index (χ4n) is 4.24. The van der Waals surface area contributed by atoms with Gasteiger partial charge in [0.15, 0.2) is 0 Å². The molecule has 1 aliphatic carbocycles. The summed E-state index contributed by atoms with van der Waals surface area (Å²) in [7, 11) is 0. The van der Waals surface area contributed by atoms with E-state index in [9.17, 15) is 9.50 Å². The van der Waals surface area contributed by atoms with Crippen LogP contribution in [0.2, 0.25) is 0 Å². The van der Waals surface area contributed by atoms with Crippen LogP contribution in [0.4, 0.5) is 4.39 Å². The fourth-order valence-corrected chi connectivity index (χ4v) is 4.24. The van der Waals surface area contributed by atoms with E-state index in [0.717, 1.165) is 31.4 Å². The second kappa shape index (κ2) is 7.10. The number of nitrogens with zero attached hydrogens (tertiary/aromatic N) is 1. The fraction of sp³-hybridized carbons (Fsp3) is 0.684. The first-order valence-corrected chi connectivity index (χ1v) is 8.85. The molecule has 2 aliphatic rings. The van der Waals surface area contributed by atoms with Gasteiger partial charge < -0.3 is 10.0 Å². The maximum absolute atomic E-state index is 13.5. The maximum atomic E-state index is 13.5. The lowest BCUT2D eigenvalue weighted by molar-refractivity contribution is -0.0349. The first kappa shape index (κ1) is 15.9. The maximum Gasteiger partial charge on any atom is 0.123 e. The van der Waals surface area contributed by atoms with Gasteiger partial charge in [-0.2, -0.15) is 0 Å². The molecule has 122 valence electrons. The zero-order valence-corrected chi connectivity index (χ0v) is 13.4. The molecule has 3 heteroatoms. The molecule has 1 aromatic carbocycles. The van der Waals surface area contributed by atoms with Crippen molar-refractivity contribution in [3.05, 3.63) is 35.6 Å². The summed E-state index contributed by atoms with van der Waals surface area (Å²) >= 11 is 0. The van der Waals surface area contributed by atoms with Gasteiger partial charge in [-0.05, 0) is 56.5 Å². The highest BCUT2D eigenvalue weighted by atomic mass is 19.1. The Morgan fingerprint density at radius 2 is 1.95 bits per heavy atom. The standard InChI is InChI=1S/C19H28FNO/c20-18-9-6-7-16(13-18)14-19(22)10-3-1-2-8-17(19)15-21-11-4-5-12-21/h6-7,9,13,17,22H,1-5,8,10-12,14-15H2. The molecule has 2 unspecified atom stereocenters. The van der Waals surface area contributed by atoms with Gasteiger partial charge >= 0.3 is 0 Å². The van der Waals surface area contributed by atoms with Crippen LogP contribution in [0.3, 0.4) is 0 Å². The summed E-state index contributed by atoms with van der Waals surface area (Å²) in [4.78, 5) is 2.51. The monoisotopic (exact) mass is 305 g/mol. The van der Waals surface area contributed by atoms with E-state index >= 15 is 0 Å². The van der Waals surface area contributed by atoms with E-state index < -0.39 is 5.60 Å². The van der Waals surface area contributed by atoms with Crippen LogP contribution in [-0.4, -0.2) is 35.2 Å². The highest BCUT2D eigenvalue weighted by molar-refractivity contribution is 5.19. The van der Waals surface area contributed by atoms with Gasteiger partial charge in [0.05, 0.1) is 5.60 Å². The van der Waals surface area contributed by atoms with Gasteiger partial charge in [-0.3, -0.25) is 0 Å². The van der Waals surface area contributed by atoms with Crippen molar-refractivity contribution in [1.82, 2.24) is 4.90 Å². The molecule has 1 aliphatic heterocycles. The number of rotatable bonds is 4. The van der Waals surface area contributed by atoms with Crippen molar-refractivity contribution in [2.45, 2.75) is 57.0 Å². The van der Waals surface area contributed by atoms with E-state index in [1.54, 1.807) is 12.1 Å². The Kier molecular flexibility index (Phi) is 5.14. The molecule has 0 radical (unpaired) electrons. The summed E-state index contributed by atoms with van der Waals surface area (Å²) in [5, 5.41) is 11.4. The van der Waals surface area contributed by atoms with Crippen LogP contribution in [0, 0.1) is 11.7 Å². The molecule has 2 fully saturated rings. The van der Waals surface area contributed by atoms with Gasteiger partial charge in [-0.25, -0.2) is 4.39 Å². The number of benzene rings is 1. The summed E-state index contributed by atoms with van der Waals surface area (Å²) in [6, 6.07) is 6.75. The Morgan fingerprint density at radius 3 is 2.73 bits per heavy atom. The molecule has 1 N–H and O–H groups in total. The van der Waals surface area contributed by atoms with Gasteiger partial charge in [0.2, 0.25) is 0 Å². The van der Waals surface area contributed by atoms with Crippen LogP contribution in [0.1, 0.15) is 50.5 Å². The second-order valence-electron chi connectivity index (χ2n) is 7.21. The van der Waals surface area contributed by atoms with Gasteiger partial charge in [0.1, 0.15) is 5.82 Å². The van der Waals surface area contributed by atoms with Crippen LogP contribution in [-0.2, 0) is 6.42 Å². The smallest absolute Gasteiger partial charge is 0.123 e. The number of hydrogen-bond acceptors (Lipinski definition) is 2.